The maximum Gasteiger partial charge on any atom is 0.341 e. The molecule has 1 saturated heterocycles. The number of aromatic nitrogens is 2. The van der Waals surface area contributed by atoms with Crippen LogP contribution in [0, 0.1) is 0 Å². The van der Waals surface area contributed by atoms with Gasteiger partial charge in [-0.15, -0.1) is 0 Å². The first-order chi connectivity index (χ1) is 9.11. The smallest absolute Gasteiger partial charge is 0.341 e. The summed E-state index contributed by atoms with van der Waals surface area (Å²) in [4.78, 5) is 14.2. The highest BCUT2D eigenvalue weighted by Crippen LogP contribution is 2.16. The maximum absolute atomic E-state index is 11.9. The van der Waals surface area contributed by atoms with Gasteiger partial charge in [-0.2, -0.15) is 5.10 Å². The number of carbonyl (C=O) groups is 1. The van der Waals surface area contributed by atoms with Gasteiger partial charge in [-0.1, -0.05) is 0 Å². The Labute approximate surface area is 113 Å². The fourth-order valence-electron chi connectivity index (χ4n) is 2.35. The second-order valence-corrected chi connectivity index (χ2v) is 4.96. The number of piperidine rings is 1. The van der Waals surface area contributed by atoms with Crippen molar-refractivity contribution < 1.29 is 9.53 Å². The van der Waals surface area contributed by atoms with E-state index in [0.29, 0.717) is 18.2 Å². The number of ether oxygens (including phenoxy) is 1. The molecule has 1 aliphatic heterocycles. The van der Waals surface area contributed by atoms with E-state index < -0.39 is 0 Å². The lowest BCUT2D eigenvalue weighted by atomic mass is 10.1. The topological polar surface area (TPSA) is 73.4 Å². The second kappa shape index (κ2) is 6.16. The summed E-state index contributed by atoms with van der Waals surface area (Å²) in [6, 6.07) is 0.312. The highest BCUT2D eigenvalue weighted by atomic mass is 16.5. The first-order valence-corrected chi connectivity index (χ1v) is 6.77. The average Bonchev–Trinajstić information content (AvgIpc) is 2.74. The Morgan fingerprint density at radius 2 is 2.21 bits per heavy atom. The largest absolute Gasteiger partial charge is 0.462 e. The van der Waals surface area contributed by atoms with E-state index in [1.807, 2.05) is 7.05 Å². The normalized spacial score (nSPS) is 17.6. The molecule has 1 aromatic heterocycles. The van der Waals surface area contributed by atoms with Crippen molar-refractivity contribution in [1.82, 2.24) is 14.7 Å². The Morgan fingerprint density at radius 3 is 2.84 bits per heavy atom. The number of aryl methyl sites for hydroxylation is 1. The molecule has 0 spiro atoms. The zero-order chi connectivity index (χ0) is 13.8. The number of nitrogens with zero attached hydrogens (tertiary/aromatic N) is 3. The van der Waals surface area contributed by atoms with Crippen molar-refractivity contribution in [2.45, 2.75) is 32.4 Å². The number of carbonyl (C=O) groups excluding carboxylic acids is 1. The van der Waals surface area contributed by atoms with E-state index in [1.165, 1.54) is 0 Å². The van der Waals surface area contributed by atoms with Gasteiger partial charge < -0.3 is 10.5 Å². The minimum Gasteiger partial charge on any atom is -0.462 e. The number of rotatable bonds is 4. The Bertz CT molecular complexity index is 436. The highest BCUT2D eigenvalue weighted by Gasteiger charge is 2.22. The summed E-state index contributed by atoms with van der Waals surface area (Å²) in [5.41, 5.74) is 7.38. The first-order valence-electron chi connectivity index (χ1n) is 6.77. The van der Waals surface area contributed by atoms with Crippen LogP contribution in [0.5, 0.6) is 0 Å². The van der Waals surface area contributed by atoms with Gasteiger partial charge >= 0.3 is 5.97 Å². The van der Waals surface area contributed by atoms with Crippen LogP contribution >= 0.6 is 0 Å². The summed E-state index contributed by atoms with van der Waals surface area (Å²) >= 11 is 0. The van der Waals surface area contributed by atoms with E-state index in [-0.39, 0.29) is 5.97 Å². The Kier molecular flexibility index (Phi) is 4.55. The van der Waals surface area contributed by atoms with Crippen LogP contribution in [-0.4, -0.2) is 46.4 Å². The van der Waals surface area contributed by atoms with E-state index in [4.69, 9.17) is 10.5 Å². The van der Waals surface area contributed by atoms with Gasteiger partial charge in [0.05, 0.1) is 18.5 Å². The molecule has 19 heavy (non-hydrogen) atoms. The molecule has 0 aliphatic carbocycles. The third-order valence-electron chi connectivity index (χ3n) is 3.56. The summed E-state index contributed by atoms with van der Waals surface area (Å²) in [5.74, 6) is -0.292. The lowest BCUT2D eigenvalue weighted by molar-refractivity contribution is 0.0523. The van der Waals surface area contributed by atoms with Gasteiger partial charge in [-0.3, -0.25) is 9.58 Å². The van der Waals surface area contributed by atoms with Gasteiger partial charge in [-0.05, 0) is 19.8 Å². The van der Waals surface area contributed by atoms with Gasteiger partial charge in [0.15, 0.2) is 0 Å². The molecule has 1 aromatic rings. The molecule has 2 N–H and O–H groups in total. The van der Waals surface area contributed by atoms with E-state index in [2.05, 4.69) is 10.00 Å². The fraction of sp³-hybridized carbons (Fsp3) is 0.692. The van der Waals surface area contributed by atoms with Gasteiger partial charge in [0, 0.05) is 32.7 Å². The number of nitrogens with two attached hydrogens (primary N) is 1. The first kappa shape index (κ1) is 14.0. The van der Waals surface area contributed by atoms with Gasteiger partial charge in [-0.25, -0.2) is 4.79 Å². The lowest BCUT2D eigenvalue weighted by Crippen LogP contribution is -2.39. The van der Waals surface area contributed by atoms with E-state index in [1.54, 1.807) is 17.8 Å². The molecule has 106 valence electrons. The Morgan fingerprint density at radius 1 is 1.53 bits per heavy atom. The minimum atomic E-state index is -0.292. The number of esters is 1. The molecular formula is C13H22N4O2. The molecule has 0 bridgehead atoms. The Balaban J connectivity index is 2.07. The molecule has 6 heteroatoms. The molecule has 2 rings (SSSR count). The predicted octanol–water partition coefficient (Wildman–Crippen LogP) is 0.520. The van der Waals surface area contributed by atoms with Crippen molar-refractivity contribution in [3.8, 4) is 0 Å². The highest BCUT2D eigenvalue weighted by molar-refractivity contribution is 5.90. The van der Waals surface area contributed by atoms with Gasteiger partial charge in [0.25, 0.3) is 0 Å². The zero-order valence-electron chi connectivity index (χ0n) is 11.6. The lowest BCUT2D eigenvalue weighted by Gasteiger charge is -2.30. The van der Waals surface area contributed by atoms with Gasteiger partial charge in [0.1, 0.15) is 5.56 Å². The molecular weight excluding hydrogens is 244 g/mol. The molecule has 0 amide bonds. The fourth-order valence-corrected chi connectivity index (χ4v) is 2.35. The van der Waals surface area contributed by atoms with Crippen LogP contribution < -0.4 is 5.73 Å². The number of hydrogen-bond acceptors (Lipinski definition) is 5. The summed E-state index contributed by atoms with van der Waals surface area (Å²) in [7, 11) is 1.85. The average molecular weight is 266 g/mol. The van der Waals surface area contributed by atoms with Crippen LogP contribution in [-0.2, 0) is 18.3 Å². The Hall–Kier alpha value is -1.40. The predicted molar refractivity (Wildman–Crippen MR) is 71.7 cm³/mol. The summed E-state index contributed by atoms with van der Waals surface area (Å²) in [6.45, 7) is 4.84. The summed E-state index contributed by atoms with van der Waals surface area (Å²) < 4.78 is 6.81. The van der Waals surface area contributed by atoms with Gasteiger partial charge in [0.2, 0.25) is 0 Å². The molecule has 1 fully saturated rings. The third kappa shape index (κ3) is 3.33. The van der Waals surface area contributed by atoms with Crippen LogP contribution in [0.1, 0.15) is 35.8 Å². The molecule has 1 aliphatic rings. The van der Waals surface area contributed by atoms with E-state index in [9.17, 15) is 4.79 Å². The van der Waals surface area contributed by atoms with Crippen molar-refractivity contribution in [1.29, 1.82) is 0 Å². The molecule has 0 atom stereocenters. The van der Waals surface area contributed by atoms with Crippen molar-refractivity contribution >= 4 is 5.97 Å². The standard InChI is InChI=1S/C13H22N4O2/c1-3-19-13(18)11-8-15-16(2)12(11)9-17-6-4-10(14)5-7-17/h8,10H,3-7,9,14H2,1-2H3. The van der Waals surface area contributed by atoms with Crippen molar-refractivity contribution in [2.75, 3.05) is 19.7 Å². The van der Waals surface area contributed by atoms with Crippen molar-refractivity contribution in [3.63, 3.8) is 0 Å². The molecule has 6 nitrogen and oxygen atoms in total. The van der Waals surface area contributed by atoms with E-state index in [0.717, 1.165) is 38.2 Å². The molecule has 0 aromatic carbocycles. The number of hydrogen-bond donors (Lipinski definition) is 1. The van der Waals surface area contributed by atoms with Crippen LogP contribution in [0.2, 0.25) is 0 Å². The quantitative estimate of drug-likeness (QED) is 0.804. The van der Waals surface area contributed by atoms with Crippen molar-refractivity contribution in [2.24, 2.45) is 12.8 Å². The zero-order valence-corrected chi connectivity index (χ0v) is 11.6. The molecule has 0 unspecified atom stereocenters. The van der Waals surface area contributed by atoms with Crippen molar-refractivity contribution in [3.05, 3.63) is 17.5 Å². The third-order valence-corrected chi connectivity index (χ3v) is 3.56. The molecule has 0 radical (unpaired) electrons. The summed E-state index contributed by atoms with van der Waals surface area (Å²) in [6.07, 6.45) is 3.60. The minimum absolute atomic E-state index is 0.292. The number of likely N-dealkylation sites (tertiary alicyclic amines) is 1. The molecule has 2 heterocycles. The van der Waals surface area contributed by atoms with E-state index >= 15 is 0 Å². The van der Waals surface area contributed by atoms with Crippen LogP contribution in [0.15, 0.2) is 6.20 Å². The monoisotopic (exact) mass is 266 g/mol. The van der Waals surface area contributed by atoms with Crippen LogP contribution in [0.25, 0.3) is 0 Å². The SMILES string of the molecule is CCOC(=O)c1cnn(C)c1CN1CCC(N)CC1. The second-order valence-electron chi connectivity index (χ2n) is 4.96. The van der Waals surface area contributed by atoms with Crippen LogP contribution in [0.4, 0.5) is 0 Å². The summed E-state index contributed by atoms with van der Waals surface area (Å²) in [5, 5.41) is 4.16. The van der Waals surface area contributed by atoms with Crippen LogP contribution in [0.3, 0.4) is 0 Å². The maximum atomic E-state index is 11.9. The molecule has 0 saturated carbocycles.